The fourth-order valence-corrected chi connectivity index (χ4v) is 6.29. The molecule has 226 valence electrons. The first kappa shape index (κ1) is 30.6. The van der Waals surface area contributed by atoms with E-state index in [1.54, 1.807) is 0 Å². The van der Waals surface area contributed by atoms with Gasteiger partial charge in [-0.3, -0.25) is 9.59 Å². The third kappa shape index (κ3) is 8.37. The van der Waals surface area contributed by atoms with Crippen LogP contribution in [0.5, 0.6) is 5.75 Å². The van der Waals surface area contributed by atoms with Crippen LogP contribution >= 0.6 is 0 Å². The molecule has 0 bridgehead atoms. The summed E-state index contributed by atoms with van der Waals surface area (Å²) in [5, 5.41) is 0.920. The average molecular weight is 580 g/mol. The number of unbranched alkanes of at least 4 members (excludes halogenated alkanes) is 2. The van der Waals surface area contributed by atoms with Gasteiger partial charge in [0, 0.05) is 41.2 Å². The van der Waals surface area contributed by atoms with Gasteiger partial charge in [0.2, 0.25) is 0 Å². The molecule has 1 heterocycles. The summed E-state index contributed by atoms with van der Waals surface area (Å²) in [5.41, 5.74) is 5.26. The van der Waals surface area contributed by atoms with Crippen molar-refractivity contribution in [1.29, 1.82) is 0 Å². The maximum Gasteiger partial charge on any atom is 0.305 e. The molecule has 1 aromatic heterocycles. The predicted molar refractivity (Wildman–Crippen MR) is 173 cm³/mol. The smallest absolute Gasteiger partial charge is 0.305 e. The summed E-state index contributed by atoms with van der Waals surface area (Å²) in [5.74, 6) is 1.36. The molecule has 0 spiro atoms. The summed E-state index contributed by atoms with van der Waals surface area (Å²) in [6, 6.07) is 24.8. The summed E-state index contributed by atoms with van der Waals surface area (Å²) >= 11 is 0. The van der Waals surface area contributed by atoms with Crippen molar-refractivity contribution in [3.8, 4) is 5.75 Å². The van der Waals surface area contributed by atoms with Crippen molar-refractivity contribution >= 4 is 22.7 Å². The third-order valence-electron chi connectivity index (χ3n) is 8.67. The lowest BCUT2D eigenvalue weighted by Crippen LogP contribution is -2.06. The number of esters is 1. The molecular formula is C38H45NO4. The minimum absolute atomic E-state index is 0.0151. The fraction of sp³-hybridized carbons (Fsp3) is 0.421. The minimum atomic E-state index is -0.187. The number of fused-ring (bicyclic) bond motifs is 1. The number of carbonyl (C=O) groups excluding carboxylic acids is 2. The van der Waals surface area contributed by atoms with Crippen LogP contribution in [0.3, 0.4) is 0 Å². The van der Waals surface area contributed by atoms with Crippen LogP contribution in [0.4, 0.5) is 0 Å². The second-order valence-electron chi connectivity index (χ2n) is 11.8. The minimum Gasteiger partial charge on any atom is -0.494 e. The van der Waals surface area contributed by atoms with E-state index in [-0.39, 0.29) is 11.8 Å². The standard InChI is InChI=1S/C38H45NO4/c1-2-42-37(40)17-11-26-39-28-35(34-15-8-9-16-36(34)39)38(41)32-22-24-33(25-23-32)43-27-10-4-5-12-29-18-20-31(21-19-29)30-13-6-3-7-14-30/h8-9,15-16,18-25,28,30H,2-7,10-14,17,26-27H2,1H3. The number of carbonyl (C=O) groups is 2. The van der Waals surface area contributed by atoms with E-state index in [2.05, 4.69) is 28.8 Å². The summed E-state index contributed by atoms with van der Waals surface area (Å²) < 4.78 is 13.1. The van der Waals surface area contributed by atoms with Gasteiger partial charge in [-0.05, 0) is 99.2 Å². The topological polar surface area (TPSA) is 57.5 Å². The molecule has 1 saturated carbocycles. The maximum absolute atomic E-state index is 13.5. The summed E-state index contributed by atoms with van der Waals surface area (Å²) in [6.07, 6.45) is 14.2. The molecule has 0 aliphatic heterocycles. The van der Waals surface area contributed by atoms with Crippen molar-refractivity contribution in [2.45, 2.75) is 90.0 Å². The Morgan fingerprint density at radius 2 is 1.60 bits per heavy atom. The normalized spacial score (nSPS) is 13.7. The van der Waals surface area contributed by atoms with E-state index in [9.17, 15) is 9.59 Å². The molecule has 43 heavy (non-hydrogen) atoms. The highest BCUT2D eigenvalue weighted by molar-refractivity contribution is 6.16. The van der Waals surface area contributed by atoms with Gasteiger partial charge in [0.1, 0.15) is 5.75 Å². The number of benzene rings is 3. The lowest BCUT2D eigenvalue weighted by Gasteiger charge is -2.22. The van der Waals surface area contributed by atoms with E-state index in [1.807, 2.05) is 61.7 Å². The highest BCUT2D eigenvalue weighted by Gasteiger charge is 2.17. The number of para-hydroxylation sites is 1. The van der Waals surface area contributed by atoms with Gasteiger partial charge in [-0.25, -0.2) is 0 Å². The fourth-order valence-electron chi connectivity index (χ4n) is 6.29. The second-order valence-corrected chi connectivity index (χ2v) is 11.8. The first-order valence-corrected chi connectivity index (χ1v) is 16.2. The largest absolute Gasteiger partial charge is 0.494 e. The molecule has 5 rings (SSSR count). The van der Waals surface area contributed by atoms with E-state index in [1.165, 1.54) is 43.2 Å². The number of rotatable bonds is 15. The van der Waals surface area contributed by atoms with Gasteiger partial charge < -0.3 is 14.0 Å². The highest BCUT2D eigenvalue weighted by Crippen LogP contribution is 2.32. The van der Waals surface area contributed by atoms with Crippen molar-refractivity contribution in [3.05, 3.63) is 101 Å². The van der Waals surface area contributed by atoms with Crippen LogP contribution in [0.1, 0.15) is 104 Å². The number of hydrogen-bond donors (Lipinski definition) is 0. The maximum atomic E-state index is 13.5. The molecule has 3 aromatic carbocycles. The van der Waals surface area contributed by atoms with Gasteiger partial charge in [0.05, 0.1) is 13.2 Å². The highest BCUT2D eigenvalue weighted by atomic mass is 16.5. The molecular weight excluding hydrogens is 534 g/mol. The summed E-state index contributed by atoms with van der Waals surface area (Å²) in [7, 11) is 0. The molecule has 0 radical (unpaired) electrons. The van der Waals surface area contributed by atoms with Gasteiger partial charge >= 0.3 is 5.97 Å². The predicted octanol–water partition coefficient (Wildman–Crippen LogP) is 9.06. The number of ketones is 1. The van der Waals surface area contributed by atoms with Crippen LogP contribution in [0.15, 0.2) is 79.0 Å². The van der Waals surface area contributed by atoms with Gasteiger partial charge in [-0.15, -0.1) is 0 Å². The van der Waals surface area contributed by atoms with Crippen molar-refractivity contribution in [1.82, 2.24) is 4.57 Å². The third-order valence-corrected chi connectivity index (χ3v) is 8.67. The van der Waals surface area contributed by atoms with Crippen LogP contribution < -0.4 is 4.74 Å². The molecule has 0 atom stereocenters. The van der Waals surface area contributed by atoms with E-state index in [0.717, 1.165) is 48.3 Å². The van der Waals surface area contributed by atoms with Crippen LogP contribution in [0.2, 0.25) is 0 Å². The van der Waals surface area contributed by atoms with Gasteiger partial charge in [-0.1, -0.05) is 61.7 Å². The van der Waals surface area contributed by atoms with Gasteiger partial charge in [-0.2, -0.15) is 0 Å². The molecule has 1 aliphatic rings. The molecule has 4 aromatic rings. The van der Waals surface area contributed by atoms with Crippen LogP contribution in [-0.4, -0.2) is 29.5 Å². The van der Waals surface area contributed by atoms with Crippen molar-refractivity contribution in [3.63, 3.8) is 0 Å². The molecule has 1 aliphatic carbocycles. The lowest BCUT2D eigenvalue weighted by atomic mass is 9.84. The number of ether oxygens (including phenoxy) is 2. The van der Waals surface area contributed by atoms with E-state index in [4.69, 9.17) is 9.47 Å². The molecule has 0 amide bonds. The van der Waals surface area contributed by atoms with Crippen LogP contribution in [0, 0.1) is 0 Å². The first-order valence-electron chi connectivity index (χ1n) is 16.2. The van der Waals surface area contributed by atoms with Crippen LogP contribution in [-0.2, 0) is 22.5 Å². The summed E-state index contributed by atoms with van der Waals surface area (Å²) in [6.45, 7) is 3.52. The Hall–Kier alpha value is -3.86. The number of aromatic nitrogens is 1. The zero-order chi connectivity index (χ0) is 29.9. The van der Waals surface area contributed by atoms with Crippen LogP contribution in [0.25, 0.3) is 10.9 Å². The van der Waals surface area contributed by atoms with Crippen molar-refractivity contribution in [2.75, 3.05) is 13.2 Å². The Morgan fingerprint density at radius 1 is 0.837 bits per heavy atom. The molecule has 5 heteroatoms. The van der Waals surface area contributed by atoms with Gasteiger partial charge in [0.25, 0.3) is 0 Å². The zero-order valence-electron chi connectivity index (χ0n) is 25.6. The second kappa shape index (κ2) is 15.6. The Labute approximate surface area is 256 Å². The van der Waals surface area contributed by atoms with E-state index < -0.39 is 0 Å². The van der Waals surface area contributed by atoms with Crippen molar-refractivity contribution in [2.24, 2.45) is 0 Å². The zero-order valence-corrected chi connectivity index (χ0v) is 25.6. The Balaban J connectivity index is 1.07. The lowest BCUT2D eigenvalue weighted by molar-refractivity contribution is -0.143. The van der Waals surface area contributed by atoms with E-state index in [0.29, 0.717) is 43.7 Å². The number of nitrogens with zero attached hydrogens (tertiary/aromatic N) is 1. The quantitative estimate of drug-likeness (QED) is 0.0801. The summed E-state index contributed by atoms with van der Waals surface area (Å²) in [4.78, 5) is 25.2. The number of hydrogen-bond acceptors (Lipinski definition) is 4. The molecule has 0 N–H and O–H groups in total. The average Bonchev–Trinajstić information content (AvgIpc) is 3.42. The molecule has 0 saturated heterocycles. The first-order chi connectivity index (χ1) is 21.1. The monoisotopic (exact) mass is 579 g/mol. The van der Waals surface area contributed by atoms with E-state index >= 15 is 0 Å². The Morgan fingerprint density at radius 3 is 2.37 bits per heavy atom. The molecule has 5 nitrogen and oxygen atoms in total. The van der Waals surface area contributed by atoms with Crippen molar-refractivity contribution < 1.29 is 19.1 Å². The van der Waals surface area contributed by atoms with Gasteiger partial charge in [0.15, 0.2) is 5.78 Å². The number of aryl methyl sites for hydroxylation is 2. The molecule has 1 fully saturated rings. The Bertz CT molecular complexity index is 1460. The Kier molecular flexibility index (Phi) is 11.1. The SMILES string of the molecule is CCOC(=O)CCCn1cc(C(=O)c2ccc(OCCCCCc3ccc(C4CCCCC4)cc3)cc2)c2ccccc21. The molecule has 0 unspecified atom stereocenters.